The van der Waals surface area contributed by atoms with Crippen LogP contribution in [0.1, 0.15) is 5.56 Å². The topological polar surface area (TPSA) is 47.0 Å². The van der Waals surface area contributed by atoms with E-state index in [-0.39, 0.29) is 0 Å². The first-order valence-corrected chi connectivity index (χ1v) is 8.02. The van der Waals surface area contributed by atoms with Gasteiger partial charge in [-0.3, -0.25) is 0 Å². The first kappa shape index (κ1) is 16.6. The van der Waals surface area contributed by atoms with E-state index >= 15 is 0 Å². The molecule has 0 amide bonds. The number of anilines is 2. The minimum Gasteiger partial charge on any atom is -0.494 e. The Kier molecular flexibility index (Phi) is 4.88. The molecule has 2 aromatic carbocycles. The molecule has 4 nitrogen and oxygen atoms in total. The highest BCUT2D eigenvalue weighted by Crippen LogP contribution is 2.36. The molecule has 6 heteroatoms. The van der Waals surface area contributed by atoms with Crippen LogP contribution in [0.2, 0.25) is 10.0 Å². The van der Waals surface area contributed by atoms with Gasteiger partial charge in [-0.25, -0.2) is 9.97 Å². The Labute approximate surface area is 150 Å². The molecule has 24 heavy (non-hydrogen) atoms. The molecule has 3 rings (SSSR count). The number of nitrogens with zero attached hydrogens (tertiary/aromatic N) is 2. The van der Waals surface area contributed by atoms with Crippen molar-refractivity contribution in [2.75, 3.05) is 12.4 Å². The van der Waals surface area contributed by atoms with E-state index in [1.807, 2.05) is 31.2 Å². The summed E-state index contributed by atoms with van der Waals surface area (Å²) in [5.41, 5.74) is 3.59. The molecule has 0 unspecified atom stereocenters. The Bertz CT molecular complexity index is 861. The number of aryl methyl sites for hydroxylation is 1. The number of methoxy groups -OCH3 is 1. The highest BCUT2D eigenvalue weighted by atomic mass is 35.5. The van der Waals surface area contributed by atoms with E-state index in [1.54, 1.807) is 24.4 Å². The second-order valence-corrected chi connectivity index (χ2v) is 6.05. The minimum absolute atomic E-state index is 0.437. The SMILES string of the molecule is COc1c(Cl)cc(-c2ccnc(Nc3cccc(C)c3)n2)cc1Cl. The van der Waals surface area contributed by atoms with Crippen molar-refractivity contribution in [1.29, 1.82) is 0 Å². The van der Waals surface area contributed by atoms with Crippen LogP contribution in [0.4, 0.5) is 11.6 Å². The zero-order valence-corrected chi connectivity index (χ0v) is 14.7. The summed E-state index contributed by atoms with van der Waals surface area (Å²) in [7, 11) is 1.53. The first-order chi connectivity index (χ1) is 11.6. The summed E-state index contributed by atoms with van der Waals surface area (Å²) in [4.78, 5) is 8.78. The highest BCUT2D eigenvalue weighted by molar-refractivity contribution is 6.37. The minimum atomic E-state index is 0.437. The van der Waals surface area contributed by atoms with Crippen molar-refractivity contribution in [2.24, 2.45) is 0 Å². The van der Waals surface area contributed by atoms with E-state index < -0.39 is 0 Å². The van der Waals surface area contributed by atoms with Gasteiger partial charge >= 0.3 is 0 Å². The third kappa shape index (κ3) is 3.61. The number of halogens is 2. The predicted octanol–water partition coefficient (Wildman–Crippen LogP) is 5.51. The van der Waals surface area contributed by atoms with E-state index in [0.717, 1.165) is 16.8 Å². The maximum Gasteiger partial charge on any atom is 0.227 e. The number of nitrogens with one attached hydrogen (secondary N) is 1. The molecule has 0 radical (unpaired) electrons. The van der Waals surface area contributed by atoms with Crippen molar-refractivity contribution in [3.05, 3.63) is 64.3 Å². The van der Waals surface area contributed by atoms with E-state index in [1.165, 1.54) is 7.11 Å². The average molecular weight is 360 g/mol. The fraction of sp³-hybridized carbons (Fsp3) is 0.111. The van der Waals surface area contributed by atoms with Gasteiger partial charge in [-0.2, -0.15) is 0 Å². The fourth-order valence-corrected chi connectivity index (χ4v) is 2.98. The number of ether oxygens (including phenoxy) is 1. The summed E-state index contributed by atoms with van der Waals surface area (Å²) >= 11 is 12.4. The van der Waals surface area contributed by atoms with Crippen LogP contribution in [-0.4, -0.2) is 17.1 Å². The summed E-state index contributed by atoms with van der Waals surface area (Å²) in [5, 5.41) is 4.07. The van der Waals surface area contributed by atoms with Gasteiger partial charge in [-0.05, 0) is 42.8 Å². The second-order valence-electron chi connectivity index (χ2n) is 5.23. The second kappa shape index (κ2) is 7.07. The van der Waals surface area contributed by atoms with Gasteiger partial charge in [0.1, 0.15) is 0 Å². The van der Waals surface area contributed by atoms with E-state index in [4.69, 9.17) is 27.9 Å². The van der Waals surface area contributed by atoms with Crippen molar-refractivity contribution >= 4 is 34.8 Å². The van der Waals surface area contributed by atoms with Gasteiger partial charge in [-0.1, -0.05) is 35.3 Å². The lowest BCUT2D eigenvalue weighted by Crippen LogP contribution is -1.98. The molecular weight excluding hydrogens is 345 g/mol. The molecule has 0 aliphatic rings. The molecule has 0 bridgehead atoms. The van der Waals surface area contributed by atoms with Gasteiger partial charge in [-0.15, -0.1) is 0 Å². The van der Waals surface area contributed by atoms with Gasteiger partial charge in [0.05, 0.1) is 22.8 Å². The van der Waals surface area contributed by atoms with Crippen LogP contribution in [-0.2, 0) is 0 Å². The van der Waals surface area contributed by atoms with Crippen molar-refractivity contribution in [2.45, 2.75) is 6.92 Å². The quantitative estimate of drug-likeness (QED) is 0.666. The van der Waals surface area contributed by atoms with Gasteiger partial charge < -0.3 is 10.1 Å². The molecule has 0 atom stereocenters. The van der Waals surface area contributed by atoms with Crippen LogP contribution in [0.15, 0.2) is 48.7 Å². The van der Waals surface area contributed by atoms with Crippen molar-refractivity contribution in [3.63, 3.8) is 0 Å². The van der Waals surface area contributed by atoms with E-state index in [0.29, 0.717) is 27.4 Å². The number of aromatic nitrogens is 2. The predicted molar refractivity (Wildman–Crippen MR) is 98.5 cm³/mol. The van der Waals surface area contributed by atoms with Crippen LogP contribution in [0.25, 0.3) is 11.3 Å². The molecule has 0 fully saturated rings. The fourth-order valence-electron chi connectivity index (χ4n) is 2.33. The summed E-state index contributed by atoms with van der Waals surface area (Å²) in [6.45, 7) is 2.03. The Hall–Kier alpha value is -2.30. The average Bonchev–Trinajstić information content (AvgIpc) is 2.55. The van der Waals surface area contributed by atoms with Gasteiger partial charge in [0.2, 0.25) is 5.95 Å². The normalized spacial score (nSPS) is 10.5. The van der Waals surface area contributed by atoms with Gasteiger partial charge in [0.15, 0.2) is 5.75 Å². The summed E-state index contributed by atoms with van der Waals surface area (Å²) in [6, 6.07) is 13.3. The molecule has 3 aromatic rings. The number of benzene rings is 2. The lowest BCUT2D eigenvalue weighted by atomic mass is 10.1. The Morgan fingerprint density at radius 1 is 1.04 bits per heavy atom. The lowest BCUT2D eigenvalue weighted by molar-refractivity contribution is 0.415. The molecule has 1 N–H and O–H groups in total. The maximum absolute atomic E-state index is 6.20. The van der Waals surface area contributed by atoms with Gasteiger partial charge in [0, 0.05) is 17.4 Å². The summed E-state index contributed by atoms with van der Waals surface area (Å²) in [5.74, 6) is 0.954. The molecule has 1 aromatic heterocycles. The molecule has 1 heterocycles. The van der Waals surface area contributed by atoms with Crippen LogP contribution in [0.3, 0.4) is 0 Å². The smallest absolute Gasteiger partial charge is 0.227 e. The summed E-state index contributed by atoms with van der Waals surface area (Å²) in [6.07, 6.45) is 1.69. The van der Waals surface area contributed by atoms with Crippen molar-refractivity contribution in [3.8, 4) is 17.0 Å². The maximum atomic E-state index is 6.20. The zero-order valence-electron chi connectivity index (χ0n) is 13.2. The molecular formula is C18H15Cl2N3O. The van der Waals surface area contributed by atoms with Crippen molar-refractivity contribution in [1.82, 2.24) is 9.97 Å². The zero-order chi connectivity index (χ0) is 17.1. The van der Waals surface area contributed by atoms with Gasteiger partial charge in [0.25, 0.3) is 0 Å². The largest absolute Gasteiger partial charge is 0.494 e. The molecule has 0 aliphatic carbocycles. The van der Waals surface area contributed by atoms with Crippen LogP contribution >= 0.6 is 23.2 Å². The summed E-state index contributed by atoms with van der Waals surface area (Å²) < 4.78 is 5.17. The third-order valence-corrected chi connectivity index (χ3v) is 3.99. The van der Waals surface area contributed by atoms with Crippen LogP contribution < -0.4 is 10.1 Å². The molecule has 0 aliphatic heterocycles. The molecule has 122 valence electrons. The number of rotatable bonds is 4. The Morgan fingerprint density at radius 3 is 2.46 bits per heavy atom. The molecule has 0 saturated carbocycles. The van der Waals surface area contributed by atoms with Crippen molar-refractivity contribution < 1.29 is 4.74 Å². The van der Waals surface area contributed by atoms with E-state index in [9.17, 15) is 0 Å². The monoisotopic (exact) mass is 359 g/mol. The number of hydrogen-bond acceptors (Lipinski definition) is 4. The standard InChI is InChI=1S/C18H15Cl2N3O/c1-11-4-3-5-13(8-11)22-18-21-7-6-16(23-18)12-9-14(19)17(24-2)15(20)10-12/h3-10H,1-2H3,(H,21,22,23). The Morgan fingerprint density at radius 2 is 1.79 bits per heavy atom. The van der Waals surface area contributed by atoms with E-state index in [2.05, 4.69) is 15.3 Å². The van der Waals surface area contributed by atoms with Crippen LogP contribution in [0.5, 0.6) is 5.75 Å². The van der Waals surface area contributed by atoms with Crippen LogP contribution in [0, 0.1) is 6.92 Å². The Balaban J connectivity index is 1.93. The lowest BCUT2D eigenvalue weighted by Gasteiger charge is -2.10. The molecule has 0 spiro atoms. The third-order valence-electron chi connectivity index (χ3n) is 3.43. The molecule has 0 saturated heterocycles. The number of hydrogen-bond donors (Lipinski definition) is 1. The first-order valence-electron chi connectivity index (χ1n) is 7.27. The highest BCUT2D eigenvalue weighted by Gasteiger charge is 2.11.